The van der Waals surface area contributed by atoms with Crippen molar-refractivity contribution in [3.05, 3.63) is 58.9 Å². The van der Waals surface area contributed by atoms with Crippen LogP contribution in [-0.2, 0) is 4.79 Å². The van der Waals surface area contributed by atoms with Gasteiger partial charge in [0.25, 0.3) is 5.56 Å². The largest absolute Gasteiger partial charge is 0.497 e. The maximum absolute atomic E-state index is 12.5. The van der Waals surface area contributed by atoms with Crippen LogP contribution in [0.25, 0.3) is 10.9 Å². The zero-order valence-corrected chi connectivity index (χ0v) is 13.3. The van der Waals surface area contributed by atoms with Crippen molar-refractivity contribution < 1.29 is 9.53 Å². The highest BCUT2D eigenvalue weighted by molar-refractivity contribution is 5.93. The summed E-state index contributed by atoms with van der Waals surface area (Å²) in [4.78, 5) is 24.9. The van der Waals surface area contributed by atoms with Gasteiger partial charge >= 0.3 is 0 Å². The Kier molecular flexibility index (Phi) is 4.24. The molecule has 1 heterocycles. The van der Waals surface area contributed by atoms with Gasteiger partial charge in [0.15, 0.2) is 0 Å². The van der Waals surface area contributed by atoms with Gasteiger partial charge in [-0.15, -0.1) is 5.10 Å². The number of nitrogens with zero attached hydrogens (tertiary/aromatic N) is 3. The standard InChI is InChI=1S/C17H16N4O3/c1-11(16(22)18-12-6-5-7-13(10-12)24-2)21-17(23)14-8-3-4-9-15(14)19-20-21/h3-11H,1-2H3,(H,18,22)/t11-/m0/s1. The minimum absolute atomic E-state index is 0.353. The zero-order valence-electron chi connectivity index (χ0n) is 13.3. The monoisotopic (exact) mass is 324 g/mol. The summed E-state index contributed by atoms with van der Waals surface area (Å²) in [5.74, 6) is 0.262. The maximum atomic E-state index is 12.5. The summed E-state index contributed by atoms with van der Waals surface area (Å²) < 4.78 is 6.20. The lowest BCUT2D eigenvalue weighted by atomic mass is 10.2. The van der Waals surface area contributed by atoms with Crippen molar-refractivity contribution in [2.24, 2.45) is 0 Å². The van der Waals surface area contributed by atoms with Crippen molar-refractivity contribution in [2.75, 3.05) is 12.4 Å². The highest BCUT2D eigenvalue weighted by atomic mass is 16.5. The smallest absolute Gasteiger partial charge is 0.278 e. The summed E-state index contributed by atoms with van der Waals surface area (Å²) in [5.41, 5.74) is 0.723. The van der Waals surface area contributed by atoms with Crippen LogP contribution in [0.3, 0.4) is 0 Å². The predicted octanol–water partition coefficient (Wildman–Crippen LogP) is 2.00. The van der Waals surface area contributed by atoms with Crippen molar-refractivity contribution >= 4 is 22.5 Å². The Labute approximate surface area is 137 Å². The van der Waals surface area contributed by atoms with E-state index in [1.54, 1.807) is 62.6 Å². The number of hydrogen-bond acceptors (Lipinski definition) is 5. The zero-order chi connectivity index (χ0) is 17.1. The van der Waals surface area contributed by atoms with E-state index in [4.69, 9.17) is 4.74 Å². The number of aromatic nitrogens is 3. The molecule has 1 N–H and O–H groups in total. The molecule has 2 aromatic carbocycles. The highest BCUT2D eigenvalue weighted by Gasteiger charge is 2.19. The Morgan fingerprint density at radius 1 is 1.21 bits per heavy atom. The number of carbonyl (C=O) groups excluding carboxylic acids is 1. The van der Waals surface area contributed by atoms with Crippen LogP contribution in [0.4, 0.5) is 5.69 Å². The van der Waals surface area contributed by atoms with Crippen molar-refractivity contribution in [3.8, 4) is 5.75 Å². The van der Waals surface area contributed by atoms with Crippen LogP contribution in [0.1, 0.15) is 13.0 Å². The molecule has 24 heavy (non-hydrogen) atoms. The Morgan fingerprint density at radius 3 is 2.79 bits per heavy atom. The van der Waals surface area contributed by atoms with E-state index >= 15 is 0 Å². The summed E-state index contributed by atoms with van der Waals surface area (Å²) in [6, 6.07) is 13.1. The Hall–Kier alpha value is -3.22. The van der Waals surface area contributed by atoms with E-state index in [2.05, 4.69) is 15.6 Å². The molecule has 1 amide bonds. The fourth-order valence-electron chi connectivity index (χ4n) is 2.31. The first kappa shape index (κ1) is 15.7. The van der Waals surface area contributed by atoms with Crippen molar-refractivity contribution in [2.45, 2.75) is 13.0 Å². The van der Waals surface area contributed by atoms with Crippen LogP contribution in [-0.4, -0.2) is 28.0 Å². The lowest BCUT2D eigenvalue weighted by Crippen LogP contribution is -2.34. The Balaban J connectivity index is 1.88. The van der Waals surface area contributed by atoms with Gasteiger partial charge in [-0.25, -0.2) is 0 Å². The number of anilines is 1. The van der Waals surface area contributed by atoms with Gasteiger partial charge < -0.3 is 10.1 Å². The molecule has 1 aromatic heterocycles. The SMILES string of the molecule is COc1cccc(NC(=O)[C@H](C)n2nnc3ccccc3c2=O)c1. The van der Waals surface area contributed by atoms with E-state index in [1.165, 1.54) is 0 Å². The number of carbonyl (C=O) groups is 1. The molecule has 0 unspecified atom stereocenters. The van der Waals surface area contributed by atoms with Crippen molar-refractivity contribution in [3.63, 3.8) is 0 Å². The molecule has 0 radical (unpaired) electrons. The number of ether oxygens (including phenoxy) is 1. The van der Waals surface area contributed by atoms with Gasteiger partial charge in [0, 0.05) is 11.8 Å². The molecule has 3 rings (SSSR count). The first-order valence-electron chi connectivity index (χ1n) is 7.39. The molecule has 0 saturated carbocycles. The molecule has 7 nitrogen and oxygen atoms in total. The summed E-state index contributed by atoms with van der Waals surface area (Å²) >= 11 is 0. The third-order valence-electron chi connectivity index (χ3n) is 3.67. The highest BCUT2D eigenvalue weighted by Crippen LogP contribution is 2.18. The molecular formula is C17H16N4O3. The Bertz CT molecular complexity index is 952. The maximum Gasteiger partial charge on any atom is 0.278 e. The third-order valence-corrected chi connectivity index (χ3v) is 3.67. The van der Waals surface area contributed by atoms with Gasteiger partial charge in [-0.05, 0) is 31.2 Å². The molecule has 0 bridgehead atoms. The number of methoxy groups -OCH3 is 1. The molecule has 0 spiro atoms. The molecule has 0 fully saturated rings. The topological polar surface area (TPSA) is 86.1 Å². The second kappa shape index (κ2) is 6.49. The fraction of sp³-hybridized carbons (Fsp3) is 0.176. The van der Waals surface area contributed by atoms with E-state index in [0.717, 1.165) is 4.68 Å². The molecule has 7 heteroatoms. The fourth-order valence-corrected chi connectivity index (χ4v) is 2.31. The number of fused-ring (bicyclic) bond motifs is 1. The first-order chi connectivity index (χ1) is 11.6. The number of rotatable bonds is 4. The van der Waals surface area contributed by atoms with Gasteiger partial charge in [0.05, 0.1) is 12.5 Å². The average molecular weight is 324 g/mol. The first-order valence-corrected chi connectivity index (χ1v) is 7.39. The van der Waals surface area contributed by atoms with Crippen LogP contribution in [0.2, 0.25) is 0 Å². The molecule has 0 aliphatic carbocycles. The minimum atomic E-state index is -0.805. The van der Waals surface area contributed by atoms with Crippen molar-refractivity contribution in [1.29, 1.82) is 0 Å². The second-order valence-electron chi connectivity index (χ2n) is 5.25. The number of amides is 1. The molecule has 122 valence electrons. The number of benzene rings is 2. The lowest BCUT2D eigenvalue weighted by molar-refractivity contribution is -0.119. The Morgan fingerprint density at radius 2 is 2.00 bits per heavy atom. The molecule has 1 atom stereocenters. The van der Waals surface area contributed by atoms with Crippen LogP contribution in [0.15, 0.2) is 53.3 Å². The summed E-state index contributed by atoms with van der Waals surface area (Å²) in [7, 11) is 1.55. The summed E-state index contributed by atoms with van der Waals surface area (Å²) in [6.07, 6.45) is 0. The molecule has 0 saturated heterocycles. The van der Waals surface area contributed by atoms with Gasteiger partial charge in [-0.1, -0.05) is 23.4 Å². The minimum Gasteiger partial charge on any atom is -0.497 e. The summed E-state index contributed by atoms with van der Waals surface area (Å²) in [6.45, 7) is 1.60. The molecule has 0 aliphatic rings. The van der Waals surface area contributed by atoms with E-state index < -0.39 is 6.04 Å². The van der Waals surface area contributed by atoms with Gasteiger partial charge in [0.2, 0.25) is 5.91 Å². The predicted molar refractivity (Wildman–Crippen MR) is 90.1 cm³/mol. The third kappa shape index (κ3) is 2.96. The van der Waals surface area contributed by atoms with Crippen LogP contribution < -0.4 is 15.6 Å². The number of nitrogens with one attached hydrogen (secondary N) is 1. The average Bonchev–Trinajstić information content (AvgIpc) is 2.62. The van der Waals surface area contributed by atoms with Crippen LogP contribution in [0.5, 0.6) is 5.75 Å². The lowest BCUT2D eigenvalue weighted by Gasteiger charge is -2.14. The molecule has 3 aromatic rings. The quantitative estimate of drug-likeness (QED) is 0.793. The normalized spacial score (nSPS) is 11.9. The molecular weight excluding hydrogens is 308 g/mol. The number of hydrogen-bond donors (Lipinski definition) is 1. The van der Waals surface area contributed by atoms with E-state index in [0.29, 0.717) is 22.3 Å². The second-order valence-corrected chi connectivity index (χ2v) is 5.25. The van der Waals surface area contributed by atoms with Crippen LogP contribution >= 0.6 is 0 Å². The molecule has 0 aliphatic heterocycles. The van der Waals surface area contributed by atoms with E-state index in [1.807, 2.05) is 0 Å². The van der Waals surface area contributed by atoms with Gasteiger partial charge in [0.1, 0.15) is 17.3 Å². The van der Waals surface area contributed by atoms with E-state index in [-0.39, 0.29) is 11.5 Å². The van der Waals surface area contributed by atoms with Crippen molar-refractivity contribution in [1.82, 2.24) is 15.0 Å². The van der Waals surface area contributed by atoms with Gasteiger partial charge in [-0.3, -0.25) is 9.59 Å². The van der Waals surface area contributed by atoms with Gasteiger partial charge in [-0.2, -0.15) is 4.68 Å². The van der Waals surface area contributed by atoms with Crippen LogP contribution in [0, 0.1) is 0 Å². The van der Waals surface area contributed by atoms with E-state index in [9.17, 15) is 9.59 Å². The summed E-state index contributed by atoms with van der Waals surface area (Å²) in [5, 5.41) is 11.0.